The Balaban J connectivity index is 2.67. The molecule has 92 valence electrons. The van der Waals surface area contributed by atoms with Crippen molar-refractivity contribution >= 4 is 11.9 Å². The molecule has 1 aliphatic rings. The SMILES string of the molecule is COC(=O)C(C)(C)NC(=O)C1(CN)CCC1. The van der Waals surface area contributed by atoms with Gasteiger partial charge in [-0.05, 0) is 26.7 Å². The van der Waals surface area contributed by atoms with E-state index in [0.29, 0.717) is 6.54 Å². The smallest absolute Gasteiger partial charge is 0.330 e. The summed E-state index contributed by atoms with van der Waals surface area (Å²) in [5, 5.41) is 2.71. The summed E-state index contributed by atoms with van der Waals surface area (Å²) in [5.41, 5.74) is 4.16. The van der Waals surface area contributed by atoms with E-state index in [-0.39, 0.29) is 5.91 Å². The number of hydrogen-bond donors (Lipinski definition) is 2. The third-order valence-electron chi connectivity index (χ3n) is 3.30. The van der Waals surface area contributed by atoms with Crippen molar-refractivity contribution in [3.05, 3.63) is 0 Å². The van der Waals surface area contributed by atoms with Crippen LogP contribution >= 0.6 is 0 Å². The maximum absolute atomic E-state index is 12.0. The van der Waals surface area contributed by atoms with Gasteiger partial charge >= 0.3 is 5.97 Å². The number of nitrogens with two attached hydrogens (primary N) is 1. The minimum atomic E-state index is -0.996. The van der Waals surface area contributed by atoms with Crippen LogP contribution in [0.5, 0.6) is 0 Å². The molecular weight excluding hydrogens is 208 g/mol. The molecule has 0 aliphatic heterocycles. The van der Waals surface area contributed by atoms with Crippen LogP contribution in [0.1, 0.15) is 33.1 Å². The molecule has 1 saturated carbocycles. The Kier molecular flexibility index (Phi) is 3.57. The molecule has 3 N–H and O–H groups in total. The molecule has 0 aromatic rings. The largest absolute Gasteiger partial charge is 0.467 e. The van der Waals surface area contributed by atoms with Gasteiger partial charge in [-0.2, -0.15) is 0 Å². The molecule has 0 unspecified atom stereocenters. The predicted molar refractivity (Wildman–Crippen MR) is 59.6 cm³/mol. The van der Waals surface area contributed by atoms with Crippen molar-refractivity contribution in [2.75, 3.05) is 13.7 Å². The lowest BCUT2D eigenvalue weighted by Gasteiger charge is -2.41. The molecule has 0 bridgehead atoms. The van der Waals surface area contributed by atoms with Crippen LogP contribution in [0.15, 0.2) is 0 Å². The predicted octanol–water partition coefficient (Wildman–Crippen LogP) is 0.183. The molecule has 0 atom stereocenters. The second-order valence-electron chi connectivity index (χ2n) is 4.91. The van der Waals surface area contributed by atoms with E-state index in [4.69, 9.17) is 5.73 Å². The van der Waals surface area contributed by atoms with Crippen molar-refractivity contribution in [1.82, 2.24) is 5.32 Å². The summed E-state index contributed by atoms with van der Waals surface area (Å²) in [6, 6.07) is 0. The van der Waals surface area contributed by atoms with E-state index >= 15 is 0 Å². The van der Waals surface area contributed by atoms with Gasteiger partial charge in [-0.15, -0.1) is 0 Å². The van der Waals surface area contributed by atoms with Gasteiger partial charge < -0.3 is 15.8 Å². The first-order chi connectivity index (χ1) is 7.38. The van der Waals surface area contributed by atoms with Crippen LogP contribution < -0.4 is 11.1 Å². The van der Waals surface area contributed by atoms with Gasteiger partial charge in [0, 0.05) is 6.54 Å². The number of rotatable bonds is 4. The number of amides is 1. The highest BCUT2D eigenvalue weighted by Crippen LogP contribution is 2.40. The topological polar surface area (TPSA) is 81.4 Å². The van der Waals surface area contributed by atoms with Gasteiger partial charge in [-0.25, -0.2) is 4.79 Å². The number of methoxy groups -OCH3 is 1. The molecule has 0 spiro atoms. The molecule has 1 amide bonds. The van der Waals surface area contributed by atoms with Crippen LogP contribution in [0.4, 0.5) is 0 Å². The summed E-state index contributed by atoms with van der Waals surface area (Å²) in [4.78, 5) is 23.4. The molecular formula is C11H20N2O3. The Morgan fingerprint density at radius 1 is 1.44 bits per heavy atom. The fourth-order valence-electron chi connectivity index (χ4n) is 1.85. The summed E-state index contributed by atoms with van der Waals surface area (Å²) in [6.45, 7) is 3.58. The van der Waals surface area contributed by atoms with Crippen LogP contribution in [-0.2, 0) is 14.3 Å². The zero-order valence-corrected chi connectivity index (χ0v) is 10.1. The molecule has 1 rings (SSSR count). The number of esters is 1. The average molecular weight is 228 g/mol. The van der Waals surface area contributed by atoms with Crippen molar-refractivity contribution < 1.29 is 14.3 Å². The summed E-state index contributed by atoms with van der Waals surface area (Å²) in [5.74, 6) is -0.594. The Labute approximate surface area is 95.7 Å². The molecule has 16 heavy (non-hydrogen) atoms. The number of carbonyl (C=O) groups excluding carboxylic acids is 2. The number of carbonyl (C=O) groups is 2. The van der Waals surface area contributed by atoms with Gasteiger partial charge in [0.1, 0.15) is 5.54 Å². The minimum Gasteiger partial charge on any atom is -0.467 e. The highest BCUT2D eigenvalue weighted by Gasteiger charge is 2.45. The fourth-order valence-corrected chi connectivity index (χ4v) is 1.85. The maximum atomic E-state index is 12.0. The van der Waals surface area contributed by atoms with Gasteiger partial charge in [0.15, 0.2) is 0 Å². The van der Waals surface area contributed by atoms with E-state index in [9.17, 15) is 9.59 Å². The average Bonchev–Trinajstić information content (AvgIpc) is 2.14. The normalized spacial score (nSPS) is 18.5. The highest BCUT2D eigenvalue weighted by atomic mass is 16.5. The van der Waals surface area contributed by atoms with Gasteiger partial charge in [0.2, 0.25) is 5.91 Å². The zero-order chi connectivity index (χ0) is 12.4. The van der Waals surface area contributed by atoms with Gasteiger partial charge in [0.25, 0.3) is 0 Å². The van der Waals surface area contributed by atoms with Crippen molar-refractivity contribution in [1.29, 1.82) is 0 Å². The van der Waals surface area contributed by atoms with Gasteiger partial charge in [-0.1, -0.05) is 6.42 Å². The summed E-state index contributed by atoms with van der Waals surface area (Å²) in [7, 11) is 1.30. The van der Waals surface area contributed by atoms with Crippen molar-refractivity contribution in [2.45, 2.75) is 38.6 Å². The Morgan fingerprint density at radius 3 is 2.31 bits per heavy atom. The maximum Gasteiger partial charge on any atom is 0.330 e. The van der Waals surface area contributed by atoms with E-state index in [1.165, 1.54) is 7.11 Å². The van der Waals surface area contributed by atoms with Crippen LogP contribution in [0, 0.1) is 5.41 Å². The molecule has 5 nitrogen and oxygen atoms in total. The quantitative estimate of drug-likeness (QED) is 0.673. The molecule has 5 heteroatoms. The number of nitrogens with one attached hydrogen (secondary N) is 1. The summed E-state index contributed by atoms with van der Waals surface area (Å²) in [6.07, 6.45) is 2.61. The Bertz CT molecular complexity index is 290. The molecule has 0 radical (unpaired) electrons. The van der Waals surface area contributed by atoms with Crippen LogP contribution in [0.3, 0.4) is 0 Å². The standard InChI is InChI=1S/C11H20N2O3/c1-10(2,9(15)16-3)13-8(14)11(7-12)5-4-6-11/h4-7,12H2,1-3H3,(H,13,14). The lowest BCUT2D eigenvalue weighted by atomic mass is 9.68. The van der Waals surface area contributed by atoms with E-state index in [2.05, 4.69) is 10.1 Å². The minimum absolute atomic E-state index is 0.142. The summed E-state index contributed by atoms with van der Waals surface area (Å²) >= 11 is 0. The number of hydrogen-bond acceptors (Lipinski definition) is 4. The van der Waals surface area contributed by atoms with E-state index in [1.807, 2.05) is 0 Å². The van der Waals surface area contributed by atoms with Crippen LogP contribution in [-0.4, -0.2) is 31.1 Å². The van der Waals surface area contributed by atoms with Crippen molar-refractivity contribution in [3.8, 4) is 0 Å². The molecule has 0 aromatic carbocycles. The second-order valence-corrected chi connectivity index (χ2v) is 4.91. The first-order valence-corrected chi connectivity index (χ1v) is 5.49. The first kappa shape index (κ1) is 13.0. The Hall–Kier alpha value is -1.10. The van der Waals surface area contributed by atoms with Crippen LogP contribution in [0.25, 0.3) is 0 Å². The fraction of sp³-hybridized carbons (Fsp3) is 0.818. The third-order valence-corrected chi connectivity index (χ3v) is 3.30. The monoisotopic (exact) mass is 228 g/mol. The first-order valence-electron chi connectivity index (χ1n) is 5.49. The van der Waals surface area contributed by atoms with E-state index < -0.39 is 16.9 Å². The van der Waals surface area contributed by atoms with Crippen molar-refractivity contribution in [2.24, 2.45) is 11.1 Å². The second kappa shape index (κ2) is 4.41. The highest BCUT2D eigenvalue weighted by molar-refractivity contribution is 5.90. The lowest BCUT2D eigenvalue weighted by Crippen LogP contribution is -2.58. The molecule has 0 heterocycles. The van der Waals surface area contributed by atoms with E-state index in [1.54, 1.807) is 13.8 Å². The van der Waals surface area contributed by atoms with Crippen LogP contribution in [0.2, 0.25) is 0 Å². The molecule has 0 saturated heterocycles. The van der Waals surface area contributed by atoms with E-state index in [0.717, 1.165) is 19.3 Å². The lowest BCUT2D eigenvalue weighted by molar-refractivity contribution is -0.152. The molecule has 1 fully saturated rings. The van der Waals surface area contributed by atoms with Gasteiger partial charge in [0.05, 0.1) is 12.5 Å². The van der Waals surface area contributed by atoms with Crippen molar-refractivity contribution in [3.63, 3.8) is 0 Å². The molecule has 1 aliphatic carbocycles. The number of ether oxygens (including phenoxy) is 1. The Morgan fingerprint density at radius 2 is 2.00 bits per heavy atom. The summed E-state index contributed by atoms with van der Waals surface area (Å²) < 4.78 is 4.63. The third kappa shape index (κ3) is 2.19. The zero-order valence-electron chi connectivity index (χ0n) is 10.1. The van der Waals surface area contributed by atoms with Gasteiger partial charge in [-0.3, -0.25) is 4.79 Å². The molecule has 0 aromatic heterocycles.